The third-order valence-electron chi connectivity index (χ3n) is 4.69. The molecule has 1 aliphatic heterocycles. The predicted octanol–water partition coefficient (Wildman–Crippen LogP) is 1.29. The maximum Gasteiger partial charge on any atom is 0.122 e. The molecular weight excluding hydrogens is 236 g/mol. The summed E-state index contributed by atoms with van der Waals surface area (Å²) in [7, 11) is 0. The topological polar surface area (TPSA) is 42.3 Å². The van der Waals surface area contributed by atoms with Crippen molar-refractivity contribution in [2.45, 2.75) is 45.2 Å². The van der Waals surface area contributed by atoms with Gasteiger partial charge in [0.15, 0.2) is 0 Å². The Balaban J connectivity index is 1.97. The molecule has 2 unspecified atom stereocenters. The summed E-state index contributed by atoms with van der Waals surface area (Å²) in [4.78, 5) is 5.01. The van der Waals surface area contributed by atoms with E-state index in [4.69, 9.17) is 0 Å². The lowest BCUT2D eigenvalue weighted by Gasteiger charge is -2.42. The van der Waals surface area contributed by atoms with Crippen molar-refractivity contribution in [3.05, 3.63) is 0 Å². The van der Waals surface area contributed by atoms with Gasteiger partial charge in [-0.2, -0.15) is 5.26 Å². The smallest absolute Gasteiger partial charge is 0.122 e. The van der Waals surface area contributed by atoms with E-state index in [1.807, 2.05) is 0 Å². The molecular formula is C15H28N4. The second-order valence-corrected chi connectivity index (χ2v) is 6.10. The summed E-state index contributed by atoms with van der Waals surface area (Å²) in [6.07, 6.45) is 2.43. The van der Waals surface area contributed by atoms with Crippen LogP contribution >= 0.6 is 0 Å². The number of likely N-dealkylation sites (N-methyl/N-ethyl adjacent to an activating group) is 2. The van der Waals surface area contributed by atoms with Crippen LogP contribution in [0.4, 0.5) is 0 Å². The molecule has 2 rings (SSSR count). The van der Waals surface area contributed by atoms with Crippen LogP contribution in [0.15, 0.2) is 0 Å². The van der Waals surface area contributed by atoms with Crippen molar-refractivity contribution in [3.8, 4) is 6.07 Å². The van der Waals surface area contributed by atoms with E-state index in [0.29, 0.717) is 12.0 Å². The van der Waals surface area contributed by atoms with Gasteiger partial charge in [-0.3, -0.25) is 15.1 Å². The van der Waals surface area contributed by atoms with Gasteiger partial charge >= 0.3 is 0 Å². The minimum atomic E-state index is -0.303. The Morgan fingerprint density at radius 1 is 1.32 bits per heavy atom. The third-order valence-corrected chi connectivity index (χ3v) is 4.69. The minimum Gasteiger partial charge on any atom is -0.298 e. The number of piperazine rings is 1. The van der Waals surface area contributed by atoms with E-state index >= 15 is 0 Å². The van der Waals surface area contributed by atoms with Gasteiger partial charge in [0.2, 0.25) is 0 Å². The van der Waals surface area contributed by atoms with Crippen LogP contribution in [0.25, 0.3) is 0 Å². The molecule has 2 fully saturated rings. The van der Waals surface area contributed by atoms with E-state index < -0.39 is 0 Å². The van der Waals surface area contributed by atoms with Crippen molar-refractivity contribution in [1.29, 1.82) is 5.26 Å². The first-order chi connectivity index (χ1) is 9.15. The Hall–Kier alpha value is -0.630. The van der Waals surface area contributed by atoms with E-state index in [1.54, 1.807) is 0 Å². The van der Waals surface area contributed by atoms with Crippen molar-refractivity contribution in [1.82, 2.24) is 15.1 Å². The highest BCUT2D eigenvalue weighted by Gasteiger charge is 2.46. The maximum absolute atomic E-state index is 9.66. The molecule has 2 atom stereocenters. The van der Waals surface area contributed by atoms with Crippen molar-refractivity contribution in [2.75, 3.05) is 39.3 Å². The number of nitriles is 1. The molecule has 1 saturated carbocycles. The molecule has 0 aromatic carbocycles. The summed E-state index contributed by atoms with van der Waals surface area (Å²) in [5, 5.41) is 13.1. The normalized spacial score (nSPS) is 28.8. The van der Waals surface area contributed by atoms with E-state index in [-0.39, 0.29) is 5.54 Å². The lowest BCUT2D eigenvalue weighted by molar-refractivity contribution is 0.0706. The lowest BCUT2D eigenvalue weighted by Crippen LogP contribution is -2.59. The van der Waals surface area contributed by atoms with Gasteiger partial charge < -0.3 is 0 Å². The van der Waals surface area contributed by atoms with Gasteiger partial charge in [-0.1, -0.05) is 13.8 Å². The van der Waals surface area contributed by atoms with Crippen molar-refractivity contribution in [3.63, 3.8) is 0 Å². The number of nitrogens with zero attached hydrogens (tertiary/aromatic N) is 3. The van der Waals surface area contributed by atoms with Gasteiger partial charge in [-0.05, 0) is 38.8 Å². The lowest BCUT2D eigenvalue weighted by atomic mass is 9.93. The Kier molecular flexibility index (Phi) is 4.83. The number of hydrogen-bond donors (Lipinski definition) is 1. The zero-order valence-electron chi connectivity index (χ0n) is 12.7. The molecule has 1 saturated heterocycles. The molecule has 0 spiro atoms. The predicted molar refractivity (Wildman–Crippen MR) is 77.9 cm³/mol. The van der Waals surface area contributed by atoms with Gasteiger partial charge in [0, 0.05) is 32.2 Å². The van der Waals surface area contributed by atoms with E-state index in [0.717, 1.165) is 39.3 Å². The fourth-order valence-electron chi connectivity index (χ4n) is 3.42. The number of rotatable bonds is 6. The first kappa shape index (κ1) is 14.8. The first-order valence-electron chi connectivity index (χ1n) is 7.78. The van der Waals surface area contributed by atoms with E-state index in [1.165, 1.54) is 12.8 Å². The summed E-state index contributed by atoms with van der Waals surface area (Å²) in [6.45, 7) is 12.9. The highest BCUT2D eigenvalue weighted by Crippen LogP contribution is 2.40. The fraction of sp³-hybridized carbons (Fsp3) is 0.933. The molecule has 0 bridgehead atoms. The highest BCUT2D eigenvalue weighted by atomic mass is 15.3. The molecule has 4 nitrogen and oxygen atoms in total. The fourth-order valence-corrected chi connectivity index (χ4v) is 3.42. The van der Waals surface area contributed by atoms with Gasteiger partial charge in [0.1, 0.15) is 5.54 Å². The van der Waals surface area contributed by atoms with Crippen LogP contribution < -0.4 is 5.32 Å². The van der Waals surface area contributed by atoms with E-state index in [9.17, 15) is 5.26 Å². The van der Waals surface area contributed by atoms with Crippen LogP contribution in [-0.2, 0) is 0 Å². The Morgan fingerprint density at radius 2 is 2.05 bits per heavy atom. The number of nitrogens with one attached hydrogen (secondary N) is 1. The SMILES string of the molecule is CCNC(C#N)(CN1CCN(CC)C(C)C1)C1CC1. The molecule has 1 aliphatic carbocycles. The Labute approximate surface area is 117 Å². The molecule has 1 N–H and O–H groups in total. The summed E-state index contributed by atoms with van der Waals surface area (Å²) >= 11 is 0. The van der Waals surface area contributed by atoms with Crippen LogP contribution in [0.2, 0.25) is 0 Å². The van der Waals surface area contributed by atoms with Gasteiger partial charge in [0.05, 0.1) is 6.07 Å². The van der Waals surface area contributed by atoms with Crippen LogP contribution in [0.1, 0.15) is 33.6 Å². The zero-order valence-corrected chi connectivity index (χ0v) is 12.7. The van der Waals surface area contributed by atoms with E-state index in [2.05, 4.69) is 42.0 Å². The molecule has 2 aliphatic rings. The van der Waals surface area contributed by atoms with Gasteiger partial charge in [-0.15, -0.1) is 0 Å². The summed E-state index contributed by atoms with van der Waals surface area (Å²) in [6, 6.07) is 3.21. The van der Waals surface area contributed by atoms with Crippen molar-refractivity contribution < 1.29 is 0 Å². The zero-order chi connectivity index (χ0) is 13.9. The molecule has 108 valence electrons. The van der Waals surface area contributed by atoms with Gasteiger partial charge in [-0.25, -0.2) is 0 Å². The van der Waals surface area contributed by atoms with Crippen LogP contribution in [0, 0.1) is 17.2 Å². The summed E-state index contributed by atoms with van der Waals surface area (Å²) < 4.78 is 0. The Bertz CT molecular complexity index is 334. The second kappa shape index (κ2) is 6.21. The molecule has 0 amide bonds. The monoisotopic (exact) mass is 264 g/mol. The minimum absolute atomic E-state index is 0.303. The van der Waals surface area contributed by atoms with Crippen LogP contribution in [-0.4, -0.2) is 60.6 Å². The highest BCUT2D eigenvalue weighted by molar-refractivity contribution is 5.16. The van der Waals surface area contributed by atoms with Crippen molar-refractivity contribution >= 4 is 0 Å². The van der Waals surface area contributed by atoms with Crippen LogP contribution in [0.3, 0.4) is 0 Å². The van der Waals surface area contributed by atoms with Crippen molar-refractivity contribution in [2.24, 2.45) is 5.92 Å². The molecule has 0 radical (unpaired) electrons. The van der Waals surface area contributed by atoms with Gasteiger partial charge in [0.25, 0.3) is 0 Å². The third kappa shape index (κ3) is 3.28. The largest absolute Gasteiger partial charge is 0.298 e. The molecule has 1 heterocycles. The maximum atomic E-state index is 9.66. The first-order valence-corrected chi connectivity index (χ1v) is 7.78. The Morgan fingerprint density at radius 3 is 2.53 bits per heavy atom. The quantitative estimate of drug-likeness (QED) is 0.785. The summed E-state index contributed by atoms with van der Waals surface area (Å²) in [5.74, 6) is 0.567. The standard InChI is InChI=1S/C15H28N4/c1-4-17-15(11-16,14-6-7-14)12-18-8-9-19(5-2)13(3)10-18/h13-14,17H,4-10,12H2,1-3H3. The molecule has 19 heavy (non-hydrogen) atoms. The average molecular weight is 264 g/mol. The molecule has 0 aromatic heterocycles. The molecule has 4 heteroatoms. The molecule has 0 aromatic rings. The second-order valence-electron chi connectivity index (χ2n) is 6.10. The number of hydrogen-bond acceptors (Lipinski definition) is 4. The average Bonchev–Trinajstić information content (AvgIpc) is 3.23. The van der Waals surface area contributed by atoms with Crippen LogP contribution in [0.5, 0.6) is 0 Å². The summed E-state index contributed by atoms with van der Waals surface area (Å²) in [5.41, 5.74) is -0.303.